The highest BCUT2D eigenvalue weighted by molar-refractivity contribution is 6.31. The Hall–Kier alpha value is -3.07. The van der Waals surface area contributed by atoms with Gasteiger partial charge in [-0.05, 0) is 89.7 Å². The van der Waals surface area contributed by atoms with Gasteiger partial charge in [0.1, 0.15) is 12.1 Å². The van der Waals surface area contributed by atoms with Crippen LogP contribution in [0.2, 0.25) is 0 Å². The monoisotopic (exact) mass is 575 g/mol. The van der Waals surface area contributed by atoms with Gasteiger partial charge in [0.15, 0.2) is 5.82 Å². The molecule has 4 aliphatic rings. The van der Waals surface area contributed by atoms with Crippen LogP contribution in [0.3, 0.4) is 0 Å². The van der Waals surface area contributed by atoms with Gasteiger partial charge in [-0.2, -0.15) is 0 Å². The summed E-state index contributed by atoms with van der Waals surface area (Å²) in [5.41, 5.74) is 0.568. The van der Waals surface area contributed by atoms with Crippen LogP contribution in [0, 0.1) is 11.8 Å². The van der Waals surface area contributed by atoms with Crippen LogP contribution in [-0.2, 0) is 14.3 Å². The largest absolute Gasteiger partial charge is 0.459 e. The van der Waals surface area contributed by atoms with Gasteiger partial charge in [-0.25, -0.2) is 4.98 Å². The van der Waals surface area contributed by atoms with Crippen LogP contribution in [0.5, 0.6) is 0 Å². The SMILES string of the molecule is CC(C)(C)OC(=O)CN=CC(=O)Nc1nc2ccccc2n(C2CC3CCCC(C2)N3C2CC3CCCC(C3)C2)c1=O. The molecule has 2 aliphatic heterocycles. The molecule has 2 aliphatic carbocycles. The lowest BCUT2D eigenvalue weighted by Gasteiger charge is -2.55. The van der Waals surface area contributed by atoms with E-state index in [2.05, 4.69) is 20.2 Å². The predicted octanol–water partition coefficient (Wildman–Crippen LogP) is 5.27. The van der Waals surface area contributed by atoms with Crippen molar-refractivity contribution < 1.29 is 14.3 Å². The highest BCUT2D eigenvalue weighted by Gasteiger charge is 2.45. The average Bonchev–Trinajstić information content (AvgIpc) is 2.91. The molecule has 0 radical (unpaired) electrons. The first-order valence-corrected chi connectivity index (χ1v) is 16.0. The minimum atomic E-state index is -0.626. The van der Waals surface area contributed by atoms with Crippen molar-refractivity contribution in [3.05, 3.63) is 34.6 Å². The number of aromatic nitrogens is 2. The number of hydrogen-bond donors (Lipinski definition) is 1. The summed E-state index contributed by atoms with van der Waals surface area (Å²) in [4.78, 5) is 49.9. The minimum absolute atomic E-state index is 0.00453. The number of fused-ring (bicyclic) bond motifs is 5. The van der Waals surface area contributed by atoms with Crippen LogP contribution in [0.1, 0.15) is 97.4 Å². The van der Waals surface area contributed by atoms with Crippen LogP contribution >= 0.6 is 0 Å². The lowest BCUT2D eigenvalue weighted by Crippen LogP contribution is -2.58. The van der Waals surface area contributed by atoms with Crippen LogP contribution in [0.4, 0.5) is 5.82 Å². The number of para-hydroxylation sites is 2. The highest BCUT2D eigenvalue weighted by atomic mass is 16.6. The molecule has 42 heavy (non-hydrogen) atoms. The number of amides is 1. The van der Waals surface area contributed by atoms with E-state index in [1.807, 2.05) is 28.8 Å². The number of anilines is 1. The zero-order valence-electron chi connectivity index (χ0n) is 25.3. The third-order valence-electron chi connectivity index (χ3n) is 9.78. The van der Waals surface area contributed by atoms with Crippen molar-refractivity contribution in [1.29, 1.82) is 0 Å². The number of aliphatic imine (C=N–C) groups is 1. The Bertz CT molecular complexity index is 1390. The molecule has 6 rings (SSSR count). The van der Waals surface area contributed by atoms with Crippen LogP contribution < -0.4 is 10.9 Å². The topological polar surface area (TPSA) is 106 Å². The quantitative estimate of drug-likeness (QED) is 0.371. The van der Waals surface area contributed by atoms with E-state index in [-0.39, 0.29) is 24.0 Å². The van der Waals surface area contributed by atoms with Crippen molar-refractivity contribution in [2.24, 2.45) is 16.8 Å². The van der Waals surface area contributed by atoms with E-state index in [1.54, 1.807) is 20.8 Å². The standard InChI is InChI=1S/C33H45N5O4/c1-33(2,3)42-30(40)20-34-19-29(39)36-31-32(41)38(28-13-5-4-12-27(28)35-31)26-17-23-10-7-11-24(18-26)37(23)25-15-21-8-6-9-22(14-21)16-25/h4-5,12-13,19,21-26H,6-11,14-18,20H2,1-3H3,(H,35,36,39). The summed E-state index contributed by atoms with van der Waals surface area (Å²) in [6.07, 6.45) is 14.9. The maximum atomic E-state index is 13.9. The molecular weight excluding hydrogens is 530 g/mol. The van der Waals surface area contributed by atoms with Gasteiger partial charge in [-0.1, -0.05) is 37.8 Å². The smallest absolute Gasteiger partial charge is 0.328 e. The first kappa shape index (κ1) is 29.0. The van der Waals surface area contributed by atoms with Crippen LogP contribution in [0.15, 0.2) is 34.1 Å². The van der Waals surface area contributed by atoms with Crippen molar-refractivity contribution >= 4 is 34.9 Å². The highest BCUT2D eigenvalue weighted by Crippen LogP contribution is 2.47. The van der Waals surface area contributed by atoms with Gasteiger partial charge in [0.25, 0.3) is 11.5 Å². The summed E-state index contributed by atoms with van der Waals surface area (Å²) < 4.78 is 7.13. The average molecular weight is 576 g/mol. The zero-order valence-corrected chi connectivity index (χ0v) is 25.3. The van der Waals surface area contributed by atoms with E-state index in [1.165, 1.54) is 57.8 Å². The molecule has 4 fully saturated rings. The molecule has 9 heteroatoms. The fourth-order valence-corrected chi connectivity index (χ4v) is 8.46. The van der Waals surface area contributed by atoms with Gasteiger partial charge in [0.2, 0.25) is 0 Å². The summed E-state index contributed by atoms with van der Waals surface area (Å²) in [5.74, 6) is 0.666. The number of hydrogen-bond acceptors (Lipinski definition) is 7. The van der Waals surface area contributed by atoms with E-state index in [0.717, 1.165) is 36.4 Å². The molecule has 4 unspecified atom stereocenters. The molecular formula is C33H45N5O4. The summed E-state index contributed by atoms with van der Waals surface area (Å²) in [6.45, 7) is 5.05. The van der Waals surface area contributed by atoms with Crippen molar-refractivity contribution in [1.82, 2.24) is 14.5 Å². The number of nitrogens with zero attached hydrogens (tertiary/aromatic N) is 4. The van der Waals surface area contributed by atoms with Gasteiger partial charge in [0.05, 0.1) is 17.2 Å². The second-order valence-corrected chi connectivity index (χ2v) is 14.0. The first-order chi connectivity index (χ1) is 20.1. The molecule has 9 nitrogen and oxygen atoms in total. The fraction of sp³-hybridized carbons (Fsp3) is 0.667. The lowest BCUT2D eigenvalue weighted by atomic mass is 9.68. The Morgan fingerprint density at radius 2 is 1.62 bits per heavy atom. The normalized spacial score (nSPS) is 29.9. The predicted molar refractivity (Wildman–Crippen MR) is 164 cm³/mol. The number of esters is 1. The van der Waals surface area contributed by atoms with E-state index < -0.39 is 17.5 Å². The molecule has 226 valence electrons. The summed E-state index contributed by atoms with van der Waals surface area (Å²) >= 11 is 0. The third kappa shape index (κ3) is 6.31. The van der Waals surface area contributed by atoms with Crippen molar-refractivity contribution in [3.8, 4) is 0 Å². The molecule has 4 atom stereocenters. The van der Waals surface area contributed by atoms with Gasteiger partial charge in [-0.3, -0.25) is 24.3 Å². The molecule has 3 heterocycles. The summed E-state index contributed by atoms with van der Waals surface area (Å²) in [5, 5.41) is 2.64. The van der Waals surface area contributed by atoms with Crippen molar-refractivity contribution in [2.45, 2.75) is 121 Å². The third-order valence-corrected chi connectivity index (χ3v) is 9.78. The van der Waals surface area contributed by atoms with Gasteiger partial charge < -0.3 is 14.6 Å². The lowest BCUT2D eigenvalue weighted by molar-refractivity contribution is -0.152. The van der Waals surface area contributed by atoms with Crippen LogP contribution in [0.25, 0.3) is 11.0 Å². The molecule has 4 bridgehead atoms. The van der Waals surface area contributed by atoms with E-state index in [4.69, 9.17) is 4.74 Å². The second kappa shape index (κ2) is 11.9. The Kier molecular flexibility index (Phi) is 8.22. The summed E-state index contributed by atoms with van der Waals surface area (Å²) in [6, 6.07) is 9.40. The van der Waals surface area contributed by atoms with E-state index in [9.17, 15) is 14.4 Å². The van der Waals surface area contributed by atoms with E-state index >= 15 is 0 Å². The Morgan fingerprint density at radius 3 is 2.31 bits per heavy atom. The fourth-order valence-electron chi connectivity index (χ4n) is 8.46. The number of nitrogens with one attached hydrogen (secondary N) is 1. The number of rotatable bonds is 6. The van der Waals surface area contributed by atoms with E-state index in [0.29, 0.717) is 23.6 Å². The number of piperidine rings is 2. The van der Waals surface area contributed by atoms with Crippen molar-refractivity contribution in [3.63, 3.8) is 0 Å². The first-order valence-electron chi connectivity index (χ1n) is 16.0. The Labute approximate surface area is 248 Å². The molecule has 0 spiro atoms. The summed E-state index contributed by atoms with van der Waals surface area (Å²) in [7, 11) is 0. The van der Waals surface area contributed by atoms with Gasteiger partial charge in [-0.15, -0.1) is 0 Å². The molecule has 2 aromatic rings. The number of benzene rings is 1. The second-order valence-electron chi connectivity index (χ2n) is 14.0. The molecule has 1 aromatic heterocycles. The molecule has 1 amide bonds. The number of ether oxygens (including phenoxy) is 1. The Balaban J connectivity index is 1.22. The van der Waals surface area contributed by atoms with Crippen molar-refractivity contribution in [2.75, 3.05) is 11.9 Å². The maximum absolute atomic E-state index is 13.9. The minimum Gasteiger partial charge on any atom is -0.459 e. The zero-order chi connectivity index (χ0) is 29.4. The molecule has 2 saturated heterocycles. The number of carbonyl (C=O) groups excluding carboxylic acids is 2. The van der Waals surface area contributed by atoms with Crippen LogP contribution in [-0.4, -0.2) is 62.8 Å². The van der Waals surface area contributed by atoms with Gasteiger partial charge in [0, 0.05) is 24.2 Å². The number of carbonyl (C=O) groups is 2. The molecule has 1 aromatic carbocycles. The molecule has 2 saturated carbocycles. The molecule has 1 N–H and O–H groups in total. The van der Waals surface area contributed by atoms with Gasteiger partial charge >= 0.3 is 5.97 Å². The maximum Gasteiger partial charge on any atom is 0.328 e. The Morgan fingerprint density at radius 1 is 0.952 bits per heavy atom.